The topological polar surface area (TPSA) is 79.3 Å². The van der Waals surface area contributed by atoms with Gasteiger partial charge in [-0.1, -0.05) is 30.0 Å². The van der Waals surface area contributed by atoms with Crippen molar-refractivity contribution in [2.45, 2.75) is 31.6 Å². The fraction of sp³-hybridized carbons (Fsp3) is 0.417. The Kier molecular flexibility index (Phi) is 6.99. The van der Waals surface area contributed by atoms with Crippen molar-refractivity contribution in [2.24, 2.45) is 4.99 Å². The number of fused-ring (bicyclic) bond motifs is 1. The third-order valence-corrected chi connectivity index (χ3v) is 9.29. The first-order chi connectivity index (χ1) is 15.8. The molecule has 2 heterocycles. The number of nitrogens with zero attached hydrogens (tertiary/aromatic N) is 3. The number of methoxy groups -OCH3 is 1. The number of benzene rings is 2. The molecule has 2 saturated heterocycles. The van der Waals surface area contributed by atoms with Crippen LogP contribution in [0.2, 0.25) is 0 Å². The van der Waals surface area contributed by atoms with E-state index in [0.29, 0.717) is 10.9 Å². The Hall–Kier alpha value is -2.52. The van der Waals surface area contributed by atoms with E-state index in [1.54, 1.807) is 7.11 Å². The summed E-state index contributed by atoms with van der Waals surface area (Å²) in [5, 5.41) is 0.436. The van der Waals surface area contributed by atoms with Crippen LogP contribution in [-0.2, 0) is 21.1 Å². The van der Waals surface area contributed by atoms with E-state index in [1.165, 1.54) is 11.8 Å². The minimum absolute atomic E-state index is 0.0716. The van der Waals surface area contributed by atoms with E-state index in [0.717, 1.165) is 30.0 Å². The molecule has 2 aromatic carbocycles. The van der Waals surface area contributed by atoms with Crippen LogP contribution in [0.3, 0.4) is 0 Å². The zero-order chi connectivity index (χ0) is 23.6. The number of rotatable bonds is 7. The second-order valence-corrected chi connectivity index (χ2v) is 11.5. The zero-order valence-electron chi connectivity index (χ0n) is 19.1. The fourth-order valence-corrected chi connectivity index (χ4v) is 8.37. The number of carbonyl (C=O) groups is 1. The zero-order valence-corrected chi connectivity index (χ0v) is 20.7. The number of carbonyl (C=O) groups excluding carboxylic acids is 1. The van der Waals surface area contributed by atoms with Crippen molar-refractivity contribution in [3.63, 3.8) is 0 Å². The highest BCUT2D eigenvalue weighted by atomic mass is 32.2. The molecule has 0 N–H and O–H groups in total. The third kappa shape index (κ3) is 5.04. The second kappa shape index (κ2) is 9.77. The molecule has 4 rings (SSSR count). The number of ether oxygens (including phenoxy) is 1. The summed E-state index contributed by atoms with van der Waals surface area (Å²) in [6.07, 6.45) is 0.121. The van der Waals surface area contributed by atoms with Crippen LogP contribution in [0.15, 0.2) is 53.5 Å². The number of anilines is 2. The van der Waals surface area contributed by atoms with Crippen molar-refractivity contribution in [1.82, 2.24) is 0 Å². The van der Waals surface area contributed by atoms with Crippen molar-refractivity contribution < 1.29 is 17.9 Å². The van der Waals surface area contributed by atoms with Gasteiger partial charge in [0.1, 0.15) is 5.75 Å². The molecule has 2 aliphatic rings. The highest BCUT2D eigenvalue weighted by Crippen LogP contribution is 2.41. The standard InChI is InChI=1S/C24H29N3O4S2/c1-4-26(5-2)18-10-12-19(13-11-18)27-20-15-33(29,30)16-22(20)32-24(27)25-23(28)14-17-8-6-7-9-21(17)31-3/h6-13,20,22H,4-5,14-16H2,1-3H3/t20-,22+/m1/s1. The van der Waals surface area contributed by atoms with Gasteiger partial charge in [0.2, 0.25) is 0 Å². The summed E-state index contributed by atoms with van der Waals surface area (Å²) >= 11 is 1.39. The number of sulfone groups is 1. The largest absolute Gasteiger partial charge is 0.496 e. The Balaban J connectivity index is 1.63. The molecule has 2 aromatic rings. The molecule has 2 fully saturated rings. The SMILES string of the molecule is CCN(CC)c1ccc(N2C(=NC(=O)Cc3ccccc3OC)S[C@H]3CS(=O)(=O)C[C@H]32)cc1. The minimum Gasteiger partial charge on any atom is -0.496 e. The molecule has 2 atom stereocenters. The maximum atomic E-state index is 12.9. The Morgan fingerprint density at radius 2 is 1.82 bits per heavy atom. The van der Waals surface area contributed by atoms with Crippen LogP contribution in [-0.4, -0.2) is 62.5 Å². The molecule has 0 saturated carbocycles. The highest BCUT2D eigenvalue weighted by Gasteiger charge is 2.49. The van der Waals surface area contributed by atoms with Crippen molar-refractivity contribution in [1.29, 1.82) is 0 Å². The molecule has 0 aliphatic carbocycles. The molecule has 1 amide bonds. The molecule has 2 aliphatic heterocycles. The van der Waals surface area contributed by atoms with Crippen LogP contribution in [0.5, 0.6) is 5.75 Å². The van der Waals surface area contributed by atoms with Gasteiger partial charge in [-0.2, -0.15) is 4.99 Å². The summed E-state index contributed by atoms with van der Waals surface area (Å²) in [4.78, 5) is 21.5. The minimum atomic E-state index is -3.11. The summed E-state index contributed by atoms with van der Waals surface area (Å²) in [5.41, 5.74) is 2.74. The van der Waals surface area contributed by atoms with Gasteiger partial charge >= 0.3 is 0 Å². The predicted octanol–water partition coefficient (Wildman–Crippen LogP) is 3.39. The molecule has 0 spiro atoms. The highest BCUT2D eigenvalue weighted by molar-refractivity contribution is 8.16. The predicted molar refractivity (Wildman–Crippen MR) is 135 cm³/mol. The van der Waals surface area contributed by atoms with Crippen LogP contribution in [0.25, 0.3) is 0 Å². The third-order valence-electron chi connectivity index (χ3n) is 6.08. The maximum Gasteiger partial charge on any atom is 0.252 e. The van der Waals surface area contributed by atoms with E-state index in [9.17, 15) is 13.2 Å². The molecular formula is C24H29N3O4S2. The van der Waals surface area contributed by atoms with Gasteiger partial charge in [-0.25, -0.2) is 8.42 Å². The molecular weight excluding hydrogens is 458 g/mol. The van der Waals surface area contributed by atoms with E-state index >= 15 is 0 Å². The van der Waals surface area contributed by atoms with Gasteiger partial charge in [0.25, 0.3) is 5.91 Å². The van der Waals surface area contributed by atoms with E-state index in [1.807, 2.05) is 53.4 Å². The average Bonchev–Trinajstić information content (AvgIpc) is 3.26. The van der Waals surface area contributed by atoms with E-state index in [-0.39, 0.29) is 35.1 Å². The molecule has 7 nitrogen and oxygen atoms in total. The van der Waals surface area contributed by atoms with Crippen LogP contribution in [0.1, 0.15) is 19.4 Å². The molecule has 9 heteroatoms. The Morgan fingerprint density at radius 1 is 1.12 bits per heavy atom. The van der Waals surface area contributed by atoms with E-state index in [4.69, 9.17) is 4.74 Å². The quantitative estimate of drug-likeness (QED) is 0.592. The van der Waals surface area contributed by atoms with Gasteiger partial charge in [-0.15, -0.1) is 0 Å². The summed E-state index contributed by atoms with van der Waals surface area (Å²) in [6.45, 7) is 6.03. The van der Waals surface area contributed by atoms with Crippen LogP contribution >= 0.6 is 11.8 Å². The first-order valence-corrected chi connectivity index (χ1v) is 13.8. The van der Waals surface area contributed by atoms with Crippen LogP contribution < -0.4 is 14.5 Å². The summed E-state index contributed by atoms with van der Waals surface area (Å²) < 4.78 is 30.0. The number of thioether (sulfide) groups is 1. The number of hydrogen-bond acceptors (Lipinski definition) is 6. The number of amidine groups is 1. The molecule has 33 heavy (non-hydrogen) atoms. The van der Waals surface area contributed by atoms with Gasteiger partial charge in [-0.05, 0) is 44.2 Å². The Morgan fingerprint density at radius 3 is 2.48 bits per heavy atom. The lowest BCUT2D eigenvalue weighted by Crippen LogP contribution is -2.37. The molecule has 0 aromatic heterocycles. The first-order valence-electron chi connectivity index (χ1n) is 11.1. The van der Waals surface area contributed by atoms with Gasteiger partial charge in [0.05, 0.1) is 31.1 Å². The summed E-state index contributed by atoms with van der Waals surface area (Å²) in [7, 11) is -1.54. The van der Waals surface area contributed by atoms with Gasteiger partial charge < -0.3 is 14.5 Å². The van der Waals surface area contributed by atoms with Crippen LogP contribution in [0.4, 0.5) is 11.4 Å². The molecule has 0 unspecified atom stereocenters. The summed E-state index contributed by atoms with van der Waals surface area (Å²) in [5.74, 6) is 0.546. The summed E-state index contributed by atoms with van der Waals surface area (Å²) in [6, 6.07) is 15.2. The van der Waals surface area contributed by atoms with Crippen LogP contribution in [0, 0.1) is 0 Å². The molecule has 0 radical (unpaired) electrons. The van der Waals surface area contributed by atoms with Crippen molar-refractivity contribution in [3.05, 3.63) is 54.1 Å². The van der Waals surface area contributed by atoms with Gasteiger partial charge in [-0.3, -0.25) is 4.79 Å². The van der Waals surface area contributed by atoms with Crippen molar-refractivity contribution in [3.8, 4) is 5.75 Å². The van der Waals surface area contributed by atoms with E-state index in [2.05, 4.69) is 23.7 Å². The number of aliphatic imine (C=N–C) groups is 1. The first kappa shape index (κ1) is 23.6. The number of para-hydroxylation sites is 1. The second-order valence-electron chi connectivity index (χ2n) is 8.14. The Bertz CT molecular complexity index is 1140. The maximum absolute atomic E-state index is 12.9. The van der Waals surface area contributed by atoms with Crippen molar-refractivity contribution >= 4 is 44.0 Å². The van der Waals surface area contributed by atoms with Gasteiger partial charge in [0.15, 0.2) is 15.0 Å². The number of amides is 1. The molecule has 176 valence electrons. The monoisotopic (exact) mass is 487 g/mol. The van der Waals surface area contributed by atoms with Crippen molar-refractivity contribution in [2.75, 3.05) is 41.5 Å². The smallest absolute Gasteiger partial charge is 0.252 e. The fourth-order valence-electron chi connectivity index (χ4n) is 4.44. The lowest BCUT2D eigenvalue weighted by molar-refractivity contribution is -0.117. The number of hydrogen-bond donors (Lipinski definition) is 0. The average molecular weight is 488 g/mol. The Labute approximate surface area is 199 Å². The van der Waals surface area contributed by atoms with Gasteiger partial charge in [0, 0.05) is 35.3 Å². The lowest BCUT2D eigenvalue weighted by atomic mass is 10.1. The molecule has 0 bridgehead atoms. The lowest BCUT2D eigenvalue weighted by Gasteiger charge is -2.26. The van der Waals surface area contributed by atoms with E-state index < -0.39 is 9.84 Å². The normalized spacial score (nSPS) is 22.4.